The van der Waals surface area contributed by atoms with Crippen LogP contribution < -0.4 is 10.6 Å². The maximum atomic E-state index is 5.36. The van der Waals surface area contributed by atoms with Gasteiger partial charge < -0.3 is 19.5 Å². The summed E-state index contributed by atoms with van der Waals surface area (Å²) in [6.07, 6.45) is 3.30. The minimum Gasteiger partial charge on any atom is -0.467 e. The highest BCUT2D eigenvalue weighted by Gasteiger charge is 2.08. The molecule has 0 spiro atoms. The molecule has 3 heterocycles. The van der Waals surface area contributed by atoms with Gasteiger partial charge in [-0.25, -0.2) is 4.98 Å². The predicted molar refractivity (Wildman–Crippen MR) is 99.5 cm³/mol. The number of hydrogen-bond donors (Lipinski definition) is 2. The molecule has 0 atom stereocenters. The molecule has 1 aromatic carbocycles. The molecule has 2 N–H and O–H groups in total. The van der Waals surface area contributed by atoms with Crippen molar-refractivity contribution in [1.29, 1.82) is 0 Å². The van der Waals surface area contributed by atoms with Crippen LogP contribution in [-0.2, 0) is 13.1 Å². The Balaban J connectivity index is 1.58. The molecular formula is C20H18N4O2. The van der Waals surface area contributed by atoms with Crippen LogP contribution in [-0.4, -0.2) is 9.97 Å². The molecule has 26 heavy (non-hydrogen) atoms. The summed E-state index contributed by atoms with van der Waals surface area (Å²) in [5, 5.41) is 6.49. The zero-order valence-corrected chi connectivity index (χ0v) is 14.1. The van der Waals surface area contributed by atoms with Gasteiger partial charge in [0, 0.05) is 11.6 Å². The molecule has 0 radical (unpaired) electrons. The van der Waals surface area contributed by atoms with Gasteiger partial charge in [0.2, 0.25) is 5.95 Å². The zero-order valence-electron chi connectivity index (χ0n) is 14.1. The minimum absolute atomic E-state index is 0.517. The van der Waals surface area contributed by atoms with E-state index in [1.165, 1.54) is 0 Å². The SMILES string of the molecule is c1ccc(-c2cc(NCc3ccco3)nc(NCc3ccco3)n2)cc1. The first-order valence-corrected chi connectivity index (χ1v) is 8.34. The molecule has 0 aliphatic heterocycles. The fourth-order valence-electron chi connectivity index (χ4n) is 2.54. The van der Waals surface area contributed by atoms with Crippen molar-refractivity contribution in [3.05, 3.63) is 84.7 Å². The van der Waals surface area contributed by atoms with Gasteiger partial charge >= 0.3 is 0 Å². The highest BCUT2D eigenvalue weighted by atomic mass is 16.3. The molecule has 130 valence electrons. The Morgan fingerprint density at radius 2 is 1.42 bits per heavy atom. The molecule has 0 unspecified atom stereocenters. The van der Waals surface area contributed by atoms with Crippen molar-refractivity contribution >= 4 is 11.8 Å². The number of furan rings is 2. The third-order valence-corrected chi connectivity index (χ3v) is 3.82. The molecule has 0 bridgehead atoms. The van der Waals surface area contributed by atoms with Crippen LogP contribution in [0.2, 0.25) is 0 Å². The second kappa shape index (κ2) is 7.57. The lowest BCUT2D eigenvalue weighted by atomic mass is 10.1. The van der Waals surface area contributed by atoms with E-state index in [2.05, 4.69) is 20.6 Å². The predicted octanol–water partition coefficient (Wildman–Crippen LogP) is 4.55. The van der Waals surface area contributed by atoms with Gasteiger partial charge in [-0.05, 0) is 24.3 Å². The smallest absolute Gasteiger partial charge is 0.225 e. The lowest BCUT2D eigenvalue weighted by Crippen LogP contribution is -2.07. The molecule has 0 amide bonds. The van der Waals surface area contributed by atoms with Crippen LogP contribution in [0, 0.1) is 0 Å². The second-order valence-electron chi connectivity index (χ2n) is 5.69. The lowest BCUT2D eigenvalue weighted by molar-refractivity contribution is 0.517. The summed E-state index contributed by atoms with van der Waals surface area (Å²) in [4.78, 5) is 9.16. The average molecular weight is 346 g/mol. The second-order valence-corrected chi connectivity index (χ2v) is 5.69. The van der Waals surface area contributed by atoms with Crippen LogP contribution >= 0.6 is 0 Å². The maximum Gasteiger partial charge on any atom is 0.225 e. The molecule has 3 aromatic heterocycles. The highest BCUT2D eigenvalue weighted by molar-refractivity contribution is 5.64. The molecular weight excluding hydrogens is 328 g/mol. The summed E-state index contributed by atoms with van der Waals surface area (Å²) < 4.78 is 10.7. The fraction of sp³-hybridized carbons (Fsp3) is 0.100. The molecule has 0 saturated carbocycles. The summed E-state index contributed by atoms with van der Waals surface area (Å²) in [6, 6.07) is 19.5. The Bertz CT molecular complexity index is 879. The molecule has 4 rings (SSSR count). The monoisotopic (exact) mass is 346 g/mol. The van der Waals surface area contributed by atoms with E-state index in [4.69, 9.17) is 8.83 Å². The van der Waals surface area contributed by atoms with Gasteiger partial charge in [-0.3, -0.25) is 0 Å². The van der Waals surface area contributed by atoms with Crippen LogP contribution in [0.3, 0.4) is 0 Å². The van der Waals surface area contributed by atoms with E-state index in [0.717, 1.165) is 28.6 Å². The van der Waals surface area contributed by atoms with Crippen LogP contribution in [0.15, 0.2) is 82.0 Å². The van der Waals surface area contributed by atoms with Crippen molar-refractivity contribution in [2.45, 2.75) is 13.1 Å². The molecule has 6 heteroatoms. The maximum absolute atomic E-state index is 5.36. The van der Waals surface area contributed by atoms with E-state index in [1.807, 2.05) is 60.7 Å². The van der Waals surface area contributed by atoms with Gasteiger partial charge in [0.1, 0.15) is 17.3 Å². The van der Waals surface area contributed by atoms with E-state index >= 15 is 0 Å². The van der Waals surface area contributed by atoms with Crippen LogP contribution in [0.4, 0.5) is 11.8 Å². The summed E-state index contributed by atoms with van der Waals surface area (Å²) in [6.45, 7) is 1.07. The quantitative estimate of drug-likeness (QED) is 0.511. The Hall–Kier alpha value is -3.54. The first-order chi connectivity index (χ1) is 12.9. The summed E-state index contributed by atoms with van der Waals surface area (Å²) in [7, 11) is 0. The Morgan fingerprint density at radius 3 is 2.08 bits per heavy atom. The van der Waals surface area contributed by atoms with E-state index in [9.17, 15) is 0 Å². The summed E-state index contributed by atoms with van der Waals surface area (Å²) in [5.74, 6) is 2.92. The van der Waals surface area contributed by atoms with Crippen molar-refractivity contribution < 1.29 is 8.83 Å². The topological polar surface area (TPSA) is 76.1 Å². The fourth-order valence-corrected chi connectivity index (χ4v) is 2.54. The Kier molecular flexibility index (Phi) is 4.64. The van der Waals surface area contributed by atoms with E-state index < -0.39 is 0 Å². The van der Waals surface area contributed by atoms with Gasteiger partial charge in [0.05, 0.1) is 31.3 Å². The van der Waals surface area contributed by atoms with Crippen molar-refractivity contribution in [2.24, 2.45) is 0 Å². The molecule has 0 fully saturated rings. The number of nitrogens with zero attached hydrogens (tertiary/aromatic N) is 2. The first-order valence-electron chi connectivity index (χ1n) is 8.34. The van der Waals surface area contributed by atoms with Crippen LogP contribution in [0.1, 0.15) is 11.5 Å². The molecule has 4 aromatic rings. The summed E-state index contributed by atoms with van der Waals surface area (Å²) in [5.41, 5.74) is 1.86. The van der Waals surface area contributed by atoms with Crippen LogP contribution in [0.5, 0.6) is 0 Å². The van der Waals surface area contributed by atoms with Gasteiger partial charge in [-0.1, -0.05) is 30.3 Å². The molecule has 0 aliphatic rings. The standard InChI is InChI=1S/C20H18N4O2/c1-2-6-15(7-3-1)18-12-19(21-13-16-8-4-10-25-16)24-20(23-18)22-14-17-9-5-11-26-17/h1-12H,13-14H2,(H2,21,22,23,24). The Morgan fingerprint density at radius 1 is 0.731 bits per heavy atom. The van der Waals surface area contributed by atoms with E-state index in [0.29, 0.717) is 19.0 Å². The number of aromatic nitrogens is 2. The number of anilines is 2. The number of nitrogens with one attached hydrogen (secondary N) is 2. The van der Waals surface area contributed by atoms with E-state index in [1.54, 1.807) is 12.5 Å². The molecule has 6 nitrogen and oxygen atoms in total. The van der Waals surface area contributed by atoms with Gasteiger partial charge in [-0.2, -0.15) is 4.98 Å². The highest BCUT2D eigenvalue weighted by Crippen LogP contribution is 2.22. The number of hydrogen-bond acceptors (Lipinski definition) is 6. The van der Waals surface area contributed by atoms with Crippen molar-refractivity contribution in [3.8, 4) is 11.3 Å². The van der Waals surface area contributed by atoms with Crippen molar-refractivity contribution in [1.82, 2.24) is 9.97 Å². The van der Waals surface area contributed by atoms with Gasteiger partial charge in [-0.15, -0.1) is 0 Å². The average Bonchev–Trinajstić information content (AvgIpc) is 3.39. The van der Waals surface area contributed by atoms with Crippen LogP contribution in [0.25, 0.3) is 11.3 Å². The first kappa shape index (κ1) is 16.0. The number of rotatable bonds is 7. The summed E-state index contributed by atoms with van der Waals surface area (Å²) >= 11 is 0. The zero-order chi connectivity index (χ0) is 17.6. The van der Waals surface area contributed by atoms with Crippen molar-refractivity contribution in [3.63, 3.8) is 0 Å². The Labute approximate surface area is 150 Å². The van der Waals surface area contributed by atoms with Gasteiger partial charge in [0.25, 0.3) is 0 Å². The normalized spacial score (nSPS) is 10.6. The lowest BCUT2D eigenvalue weighted by Gasteiger charge is -2.10. The van der Waals surface area contributed by atoms with Crippen molar-refractivity contribution in [2.75, 3.05) is 10.6 Å². The van der Waals surface area contributed by atoms with Gasteiger partial charge in [0.15, 0.2) is 0 Å². The van der Waals surface area contributed by atoms with E-state index in [-0.39, 0.29) is 0 Å². The molecule has 0 aliphatic carbocycles. The minimum atomic E-state index is 0.517. The third kappa shape index (κ3) is 3.92. The largest absolute Gasteiger partial charge is 0.467 e. The number of benzene rings is 1. The molecule has 0 saturated heterocycles. The third-order valence-electron chi connectivity index (χ3n) is 3.82.